The van der Waals surface area contributed by atoms with Crippen LogP contribution in [0, 0.1) is 5.21 Å². The average molecular weight is 684 g/mol. The molecule has 2 heterocycles. The van der Waals surface area contributed by atoms with Crippen molar-refractivity contribution >= 4 is 55.0 Å². The number of anilines is 3. The third-order valence-electron chi connectivity index (χ3n) is 6.93. The summed E-state index contributed by atoms with van der Waals surface area (Å²) in [5, 5.41) is 22.3. The zero-order valence-corrected chi connectivity index (χ0v) is 27.1. The van der Waals surface area contributed by atoms with Crippen molar-refractivity contribution in [2.24, 2.45) is 0 Å². The molecule has 3 aromatic carbocycles. The number of ether oxygens (including phenoxy) is 4. The number of para-hydroxylation sites is 1. The first-order valence-corrected chi connectivity index (χ1v) is 16.4. The largest absolute Gasteiger partial charge is 0.761 e. The lowest BCUT2D eigenvalue weighted by Gasteiger charge is -2.13. The standard InChI is InChI=1S/C31H35N6O10S/c1-37(2)22-8-7-21-19-27(46-26(21)20-22)31(38)36-48(40,41)28-6-4-3-5-25(28)45-18-17-44-16-15-43-14-13-42-12-11-32-23-9-10-24(33-39)30-29(23)34-47-35-30/h3-10,19-20,32-33H,11-18H2,1-2H3,(H,36,38)/q-1. The Morgan fingerprint density at radius 3 is 2.25 bits per heavy atom. The highest BCUT2D eigenvalue weighted by Crippen LogP contribution is 2.28. The fraction of sp³-hybridized carbons (Fsp3) is 0.323. The van der Waals surface area contributed by atoms with E-state index in [1.807, 2.05) is 25.1 Å². The van der Waals surface area contributed by atoms with Gasteiger partial charge in [0.1, 0.15) is 22.8 Å². The van der Waals surface area contributed by atoms with Crippen LogP contribution in [0.25, 0.3) is 22.0 Å². The summed E-state index contributed by atoms with van der Waals surface area (Å²) >= 11 is 0. The molecule has 2 aromatic heterocycles. The normalized spacial score (nSPS) is 11.6. The Labute approximate surface area is 275 Å². The smallest absolute Gasteiger partial charge is 0.300 e. The molecule has 5 aromatic rings. The highest BCUT2D eigenvalue weighted by molar-refractivity contribution is 7.90. The van der Waals surface area contributed by atoms with E-state index in [-0.39, 0.29) is 35.3 Å². The van der Waals surface area contributed by atoms with Gasteiger partial charge in [-0.25, -0.2) is 17.8 Å². The molecule has 0 atom stereocenters. The number of aromatic nitrogens is 2. The Bertz CT molecular complexity index is 1930. The van der Waals surface area contributed by atoms with Crippen LogP contribution in [-0.2, 0) is 24.2 Å². The van der Waals surface area contributed by atoms with Gasteiger partial charge in [-0.2, -0.15) is 0 Å². The van der Waals surface area contributed by atoms with E-state index in [2.05, 4.69) is 20.4 Å². The van der Waals surface area contributed by atoms with Crippen LogP contribution in [0.4, 0.5) is 17.1 Å². The molecule has 256 valence electrons. The minimum atomic E-state index is -4.28. The first kappa shape index (κ1) is 34.4. The molecular formula is C31H35N6O10S-. The predicted octanol–water partition coefficient (Wildman–Crippen LogP) is 3.60. The van der Waals surface area contributed by atoms with Crippen LogP contribution in [0.3, 0.4) is 0 Å². The van der Waals surface area contributed by atoms with Gasteiger partial charge in [-0.3, -0.25) is 4.79 Å². The van der Waals surface area contributed by atoms with Gasteiger partial charge in [-0.05, 0) is 52.8 Å². The fourth-order valence-electron chi connectivity index (χ4n) is 4.53. The molecule has 0 aliphatic heterocycles. The Kier molecular flexibility index (Phi) is 11.6. The van der Waals surface area contributed by atoms with Gasteiger partial charge in [0.2, 0.25) is 0 Å². The summed E-state index contributed by atoms with van der Waals surface area (Å²) in [6, 6.07) is 16.2. The minimum absolute atomic E-state index is 0.0706. The highest BCUT2D eigenvalue weighted by atomic mass is 32.2. The maximum Gasteiger partial charge on any atom is 0.300 e. The molecule has 1 amide bonds. The van der Waals surface area contributed by atoms with Gasteiger partial charge in [-0.1, -0.05) is 12.1 Å². The van der Waals surface area contributed by atoms with Gasteiger partial charge in [0, 0.05) is 37.8 Å². The number of nitrogens with zero attached hydrogens (tertiary/aromatic N) is 3. The van der Waals surface area contributed by atoms with E-state index >= 15 is 0 Å². The fourth-order valence-corrected chi connectivity index (χ4v) is 5.63. The Balaban J connectivity index is 0.962. The third-order valence-corrected chi connectivity index (χ3v) is 8.30. The minimum Gasteiger partial charge on any atom is -0.761 e. The van der Waals surface area contributed by atoms with Crippen molar-refractivity contribution in [3.05, 3.63) is 71.6 Å². The predicted molar refractivity (Wildman–Crippen MR) is 177 cm³/mol. The Morgan fingerprint density at radius 1 is 0.854 bits per heavy atom. The molecule has 48 heavy (non-hydrogen) atoms. The average Bonchev–Trinajstić information content (AvgIpc) is 3.75. The molecule has 16 nitrogen and oxygen atoms in total. The number of carbonyl (C=O) groups excluding carboxylic acids is 1. The number of amides is 1. The third kappa shape index (κ3) is 8.69. The van der Waals surface area contributed by atoms with E-state index in [1.54, 1.807) is 35.8 Å². The topological polar surface area (TPSA) is 203 Å². The molecule has 0 saturated heterocycles. The molecule has 0 saturated carbocycles. The van der Waals surface area contributed by atoms with Crippen molar-refractivity contribution in [2.45, 2.75) is 4.90 Å². The van der Waals surface area contributed by atoms with Crippen molar-refractivity contribution in [3.63, 3.8) is 0 Å². The molecule has 3 N–H and O–H groups in total. The van der Waals surface area contributed by atoms with E-state index in [0.717, 1.165) is 5.69 Å². The molecule has 0 unspecified atom stereocenters. The number of carbonyl (C=O) groups is 1. The summed E-state index contributed by atoms with van der Waals surface area (Å²) in [6.45, 7) is 2.51. The second kappa shape index (κ2) is 16.2. The SMILES string of the molecule is CN(C)c1ccc2cc(C(=O)NS(=O)(=O)c3ccccc3OCCOCCOCCOCCNc3ccc(N[O-])c4nonc34)oc2c1. The summed E-state index contributed by atoms with van der Waals surface area (Å²) in [7, 11) is -0.525. The van der Waals surface area contributed by atoms with Crippen LogP contribution < -0.4 is 25.2 Å². The highest BCUT2D eigenvalue weighted by Gasteiger charge is 2.25. The molecule has 0 bridgehead atoms. The number of rotatable bonds is 19. The zero-order chi connectivity index (χ0) is 33.9. The van der Waals surface area contributed by atoms with Crippen LogP contribution >= 0.6 is 0 Å². The molecular weight excluding hydrogens is 648 g/mol. The van der Waals surface area contributed by atoms with Crippen LogP contribution in [0.2, 0.25) is 0 Å². The number of furan rings is 1. The quantitative estimate of drug-likeness (QED) is 0.0841. The van der Waals surface area contributed by atoms with Gasteiger partial charge in [0.05, 0.1) is 51.0 Å². The van der Waals surface area contributed by atoms with E-state index < -0.39 is 15.9 Å². The molecule has 17 heteroatoms. The molecule has 0 spiro atoms. The number of fused-ring (bicyclic) bond motifs is 2. The van der Waals surface area contributed by atoms with Gasteiger partial charge < -0.3 is 44.3 Å². The molecule has 0 radical (unpaired) electrons. The lowest BCUT2D eigenvalue weighted by atomic mass is 10.2. The summed E-state index contributed by atoms with van der Waals surface area (Å²) < 4.78 is 60.8. The zero-order valence-electron chi connectivity index (χ0n) is 26.3. The van der Waals surface area contributed by atoms with Gasteiger partial charge in [-0.15, -0.1) is 0 Å². The molecule has 0 aliphatic rings. The van der Waals surface area contributed by atoms with E-state index in [4.69, 9.17) is 28.0 Å². The van der Waals surface area contributed by atoms with Crippen molar-refractivity contribution in [3.8, 4) is 5.75 Å². The van der Waals surface area contributed by atoms with Crippen molar-refractivity contribution in [2.75, 3.05) is 82.6 Å². The number of hydrogen-bond acceptors (Lipinski definition) is 15. The Morgan fingerprint density at radius 2 is 1.52 bits per heavy atom. The van der Waals surface area contributed by atoms with Crippen molar-refractivity contribution in [1.29, 1.82) is 0 Å². The van der Waals surface area contributed by atoms with Crippen LogP contribution in [0.5, 0.6) is 5.75 Å². The number of nitrogens with one attached hydrogen (secondary N) is 3. The lowest BCUT2D eigenvalue weighted by molar-refractivity contribution is 0.0107. The summed E-state index contributed by atoms with van der Waals surface area (Å²) in [4.78, 5) is 14.5. The van der Waals surface area contributed by atoms with E-state index in [1.165, 1.54) is 24.3 Å². The first-order valence-electron chi connectivity index (χ1n) is 14.9. The number of sulfonamides is 1. The number of hydrogen-bond donors (Lipinski definition) is 3. The second-order valence-corrected chi connectivity index (χ2v) is 12.1. The second-order valence-electron chi connectivity index (χ2n) is 10.4. The summed E-state index contributed by atoms with van der Waals surface area (Å²) in [5.41, 5.74) is 4.87. The molecule has 0 aliphatic carbocycles. The summed E-state index contributed by atoms with van der Waals surface area (Å²) in [5.74, 6) is -0.958. The maximum absolute atomic E-state index is 13.1. The molecule has 5 rings (SSSR count). The lowest BCUT2D eigenvalue weighted by Crippen LogP contribution is -2.30. The van der Waals surface area contributed by atoms with Crippen LogP contribution in [0.1, 0.15) is 10.6 Å². The monoisotopic (exact) mass is 683 g/mol. The summed E-state index contributed by atoms with van der Waals surface area (Å²) in [6.07, 6.45) is 0. The van der Waals surface area contributed by atoms with Crippen molar-refractivity contribution in [1.82, 2.24) is 15.0 Å². The maximum atomic E-state index is 13.1. The van der Waals surface area contributed by atoms with Crippen LogP contribution in [-0.4, -0.2) is 91.5 Å². The van der Waals surface area contributed by atoms with E-state index in [0.29, 0.717) is 67.3 Å². The van der Waals surface area contributed by atoms with E-state index in [9.17, 15) is 18.4 Å². The van der Waals surface area contributed by atoms with Gasteiger partial charge >= 0.3 is 5.91 Å². The van der Waals surface area contributed by atoms with Gasteiger partial charge in [0.15, 0.2) is 16.8 Å². The van der Waals surface area contributed by atoms with Gasteiger partial charge in [0.25, 0.3) is 10.0 Å². The molecule has 0 fully saturated rings. The first-order chi connectivity index (χ1) is 23.3. The van der Waals surface area contributed by atoms with Crippen molar-refractivity contribution < 1.29 is 41.2 Å². The Hall–Kier alpha value is -4.94. The van der Waals surface area contributed by atoms with Crippen LogP contribution in [0.15, 0.2) is 74.6 Å². The number of benzene rings is 3.